The standard InChI is InChI=1S/C8H6BF2O8/c1-7(10)3(12)16-9(17-4(7)13)18-5(14)8(2,11)6(15)19-9/h1-2H3/q-1. The highest BCUT2D eigenvalue weighted by molar-refractivity contribution is 6.64. The molecule has 0 bridgehead atoms. The molecule has 0 aromatic heterocycles. The Kier molecular flexibility index (Phi) is 2.39. The monoisotopic (exact) mass is 279 g/mol. The quantitative estimate of drug-likeness (QED) is 0.414. The average Bonchev–Trinajstić information content (AvgIpc) is 2.24. The Morgan fingerprint density at radius 3 is 1.16 bits per heavy atom. The summed E-state index contributed by atoms with van der Waals surface area (Å²) in [4.78, 5) is 44.9. The molecule has 1 spiro atoms. The molecule has 19 heavy (non-hydrogen) atoms. The molecule has 0 saturated carbocycles. The second-order valence-electron chi connectivity index (χ2n) is 4.20. The first kappa shape index (κ1) is 13.2. The molecular weight excluding hydrogens is 273 g/mol. The van der Waals surface area contributed by atoms with Gasteiger partial charge in [-0.1, -0.05) is 0 Å². The minimum Gasteiger partial charge on any atom is -0.582 e. The topological polar surface area (TPSA) is 105 Å². The molecule has 0 radical (unpaired) electrons. The molecule has 2 fully saturated rings. The van der Waals surface area contributed by atoms with Gasteiger partial charge in [0.2, 0.25) is 0 Å². The number of hydrogen-bond acceptors (Lipinski definition) is 8. The average molecular weight is 279 g/mol. The molecule has 11 heteroatoms. The molecular formula is C8H6BF2O8-. The fourth-order valence-electron chi connectivity index (χ4n) is 1.28. The summed E-state index contributed by atoms with van der Waals surface area (Å²) in [5.74, 6) is -7.14. The van der Waals surface area contributed by atoms with Crippen LogP contribution >= 0.6 is 0 Å². The van der Waals surface area contributed by atoms with E-state index >= 15 is 0 Å². The molecule has 2 aliphatic rings. The molecule has 0 aromatic carbocycles. The Hall–Kier alpha value is -2.20. The summed E-state index contributed by atoms with van der Waals surface area (Å²) in [6.07, 6.45) is 0. The van der Waals surface area contributed by atoms with Crippen molar-refractivity contribution in [2.45, 2.75) is 25.2 Å². The lowest BCUT2D eigenvalue weighted by Crippen LogP contribution is -2.69. The molecule has 2 rings (SSSR count). The van der Waals surface area contributed by atoms with Crippen LogP contribution in [0.3, 0.4) is 0 Å². The van der Waals surface area contributed by atoms with Crippen molar-refractivity contribution in [2.75, 3.05) is 0 Å². The molecule has 0 amide bonds. The van der Waals surface area contributed by atoms with Gasteiger partial charge in [0, 0.05) is 0 Å². The Labute approximate surface area is 104 Å². The van der Waals surface area contributed by atoms with Crippen LogP contribution < -0.4 is 0 Å². The minimum absolute atomic E-state index is 0.534. The SMILES string of the molecule is CC1(F)C(=O)O[B-]2(OC1=O)OC(=O)C(C)(F)C(=O)O2. The lowest BCUT2D eigenvalue weighted by molar-refractivity contribution is -0.199. The van der Waals surface area contributed by atoms with Gasteiger partial charge in [0.15, 0.2) is 0 Å². The van der Waals surface area contributed by atoms with E-state index in [2.05, 4.69) is 18.6 Å². The minimum atomic E-state index is -3.97. The highest BCUT2D eigenvalue weighted by Crippen LogP contribution is 2.33. The number of halogens is 2. The van der Waals surface area contributed by atoms with Crippen LogP contribution in [0.1, 0.15) is 13.8 Å². The van der Waals surface area contributed by atoms with Crippen LogP contribution in [0.5, 0.6) is 0 Å². The molecule has 2 saturated heterocycles. The van der Waals surface area contributed by atoms with Crippen molar-refractivity contribution in [3.8, 4) is 0 Å². The maximum absolute atomic E-state index is 13.4. The van der Waals surface area contributed by atoms with Gasteiger partial charge in [-0.15, -0.1) is 0 Å². The molecule has 0 N–H and O–H groups in total. The van der Waals surface area contributed by atoms with E-state index in [9.17, 15) is 28.0 Å². The number of carbonyl (C=O) groups is 4. The molecule has 0 atom stereocenters. The molecule has 0 aromatic rings. The highest BCUT2D eigenvalue weighted by Gasteiger charge is 2.66. The van der Waals surface area contributed by atoms with Crippen LogP contribution in [-0.4, -0.2) is 42.2 Å². The van der Waals surface area contributed by atoms with Crippen molar-refractivity contribution in [1.29, 1.82) is 0 Å². The maximum Gasteiger partial charge on any atom is 0.784 e. The Morgan fingerprint density at radius 2 is 0.947 bits per heavy atom. The number of carbonyl (C=O) groups excluding carboxylic acids is 4. The predicted molar refractivity (Wildman–Crippen MR) is 49.1 cm³/mol. The van der Waals surface area contributed by atoms with E-state index in [1.54, 1.807) is 0 Å². The van der Waals surface area contributed by atoms with E-state index in [1.165, 1.54) is 0 Å². The van der Waals surface area contributed by atoms with E-state index < -0.39 is 42.2 Å². The number of rotatable bonds is 0. The highest BCUT2D eigenvalue weighted by atomic mass is 19.1. The first-order valence-electron chi connectivity index (χ1n) is 4.95. The van der Waals surface area contributed by atoms with Crippen molar-refractivity contribution in [1.82, 2.24) is 0 Å². The fraction of sp³-hybridized carbons (Fsp3) is 0.500. The van der Waals surface area contributed by atoms with Gasteiger partial charge in [-0.2, -0.15) is 0 Å². The van der Waals surface area contributed by atoms with Gasteiger partial charge < -0.3 is 18.6 Å². The zero-order valence-electron chi connectivity index (χ0n) is 9.60. The van der Waals surface area contributed by atoms with Crippen LogP contribution in [0, 0.1) is 0 Å². The maximum atomic E-state index is 13.4. The van der Waals surface area contributed by atoms with Crippen molar-refractivity contribution >= 4 is 30.8 Å². The second kappa shape index (κ2) is 3.42. The summed E-state index contributed by atoms with van der Waals surface area (Å²) in [6, 6.07) is 0. The van der Waals surface area contributed by atoms with Crippen LogP contribution in [-0.2, 0) is 37.8 Å². The van der Waals surface area contributed by atoms with Gasteiger partial charge in [0.25, 0.3) is 11.3 Å². The number of alkyl halides is 2. The summed E-state index contributed by atoms with van der Waals surface area (Å²) < 4.78 is 43.6. The normalized spacial score (nSPS) is 42.3. The lowest BCUT2D eigenvalue weighted by Gasteiger charge is -2.47. The second-order valence-corrected chi connectivity index (χ2v) is 4.20. The molecule has 0 unspecified atom stereocenters. The van der Waals surface area contributed by atoms with Crippen LogP contribution in [0.4, 0.5) is 8.78 Å². The summed E-state index contributed by atoms with van der Waals surface area (Å²) in [7, 11) is 0. The van der Waals surface area contributed by atoms with Crippen LogP contribution in [0.25, 0.3) is 0 Å². The van der Waals surface area contributed by atoms with Gasteiger partial charge in [-0.05, 0) is 13.8 Å². The van der Waals surface area contributed by atoms with E-state index in [-0.39, 0.29) is 0 Å². The third-order valence-corrected chi connectivity index (χ3v) is 2.54. The third kappa shape index (κ3) is 1.72. The summed E-state index contributed by atoms with van der Waals surface area (Å²) in [5, 5.41) is 0. The lowest BCUT2D eigenvalue weighted by atomic mass is 9.93. The van der Waals surface area contributed by atoms with Crippen molar-refractivity contribution in [2.24, 2.45) is 0 Å². The van der Waals surface area contributed by atoms with Crippen molar-refractivity contribution < 1.29 is 46.6 Å². The molecule has 104 valence electrons. The van der Waals surface area contributed by atoms with Crippen molar-refractivity contribution in [3.63, 3.8) is 0 Å². The van der Waals surface area contributed by atoms with Crippen molar-refractivity contribution in [3.05, 3.63) is 0 Å². The number of hydrogen-bond donors (Lipinski definition) is 0. The first-order valence-corrected chi connectivity index (χ1v) is 4.95. The van der Waals surface area contributed by atoms with Gasteiger partial charge in [0.1, 0.15) is 0 Å². The summed E-state index contributed by atoms with van der Waals surface area (Å²) >= 11 is 0. The molecule has 2 heterocycles. The Bertz CT molecular complexity index is 423. The van der Waals surface area contributed by atoms with Crippen LogP contribution in [0.2, 0.25) is 0 Å². The summed E-state index contributed by atoms with van der Waals surface area (Å²) in [6.45, 7) is -2.90. The summed E-state index contributed by atoms with van der Waals surface area (Å²) in [5.41, 5.74) is -6.30. The van der Waals surface area contributed by atoms with Gasteiger partial charge in [-0.3, -0.25) is 19.2 Å². The first-order chi connectivity index (χ1) is 8.51. The predicted octanol–water partition coefficient (Wildman–Crippen LogP) is -0.922. The largest absolute Gasteiger partial charge is 0.784 e. The van der Waals surface area contributed by atoms with Crippen LogP contribution in [0.15, 0.2) is 0 Å². The van der Waals surface area contributed by atoms with E-state index in [1.807, 2.05) is 0 Å². The van der Waals surface area contributed by atoms with Gasteiger partial charge in [0.05, 0.1) is 0 Å². The zero-order chi connectivity index (χ0) is 14.6. The Morgan fingerprint density at radius 1 is 0.737 bits per heavy atom. The van der Waals surface area contributed by atoms with Gasteiger partial charge >= 0.3 is 30.8 Å². The molecule has 2 aliphatic heterocycles. The van der Waals surface area contributed by atoms with Gasteiger partial charge in [-0.25, -0.2) is 8.78 Å². The Balaban J connectivity index is 2.33. The zero-order valence-corrected chi connectivity index (χ0v) is 9.60. The molecule has 0 aliphatic carbocycles. The third-order valence-electron chi connectivity index (χ3n) is 2.54. The van der Waals surface area contributed by atoms with E-state index in [0.717, 1.165) is 0 Å². The molecule has 8 nitrogen and oxygen atoms in total. The smallest absolute Gasteiger partial charge is 0.582 e. The van der Waals surface area contributed by atoms with E-state index in [4.69, 9.17) is 0 Å². The van der Waals surface area contributed by atoms with E-state index in [0.29, 0.717) is 13.8 Å². The fourth-order valence-corrected chi connectivity index (χ4v) is 1.28.